The molecule has 102 valence electrons. The summed E-state index contributed by atoms with van der Waals surface area (Å²) in [5.41, 5.74) is 0. The summed E-state index contributed by atoms with van der Waals surface area (Å²) < 4.78 is 10.8. The van der Waals surface area contributed by atoms with Crippen LogP contribution in [0.3, 0.4) is 0 Å². The van der Waals surface area contributed by atoms with Gasteiger partial charge in [-0.25, -0.2) is 0 Å². The predicted octanol–water partition coefficient (Wildman–Crippen LogP) is 2.81. The molecule has 0 aromatic heterocycles. The van der Waals surface area contributed by atoms with Crippen LogP contribution in [0.15, 0.2) is 0 Å². The zero-order valence-electron chi connectivity index (χ0n) is 11.7. The number of ether oxygens (including phenoxy) is 2. The fourth-order valence-corrected chi connectivity index (χ4v) is 2.10. The van der Waals surface area contributed by atoms with E-state index in [1.54, 1.807) is 6.92 Å². The third-order valence-electron chi connectivity index (χ3n) is 2.71. The lowest BCUT2D eigenvalue weighted by atomic mass is 10.0. The van der Waals surface area contributed by atoms with E-state index in [0.29, 0.717) is 13.0 Å². The van der Waals surface area contributed by atoms with Gasteiger partial charge in [-0.15, -0.1) is 0 Å². The van der Waals surface area contributed by atoms with Crippen molar-refractivity contribution in [3.05, 3.63) is 0 Å². The second-order valence-corrected chi connectivity index (χ2v) is 11.2. The highest BCUT2D eigenvalue weighted by molar-refractivity contribution is 6.76. The summed E-state index contributed by atoms with van der Waals surface area (Å²) in [6, 6.07) is 1.10. The Labute approximate surface area is 105 Å². The number of carboxylic acid groups (broad SMARTS) is 1. The standard InChI is InChI=1S/C12H26O4Si/c1-6-11(10(2)12(13)14)16-9-15-7-8-17(3,4)5/h10-11H,6-9H2,1-5H3,(H,13,14)/t10-,11-/m0/s1. The summed E-state index contributed by atoms with van der Waals surface area (Å²) in [6.07, 6.45) is 0.421. The van der Waals surface area contributed by atoms with E-state index in [4.69, 9.17) is 14.6 Å². The first kappa shape index (κ1) is 16.6. The Bertz CT molecular complexity index is 225. The van der Waals surface area contributed by atoms with Crippen LogP contribution in [0, 0.1) is 5.92 Å². The Morgan fingerprint density at radius 1 is 1.35 bits per heavy atom. The van der Waals surface area contributed by atoms with E-state index in [0.717, 1.165) is 6.04 Å². The predicted molar refractivity (Wildman–Crippen MR) is 70.9 cm³/mol. The maximum Gasteiger partial charge on any atom is 0.308 e. The van der Waals surface area contributed by atoms with Crippen molar-refractivity contribution in [2.75, 3.05) is 13.4 Å². The van der Waals surface area contributed by atoms with Crippen molar-refractivity contribution in [2.24, 2.45) is 5.92 Å². The SMILES string of the molecule is CC[C@H](OCOCC[Si](C)(C)C)[C@H](C)C(=O)O. The van der Waals surface area contributed by atoms with Crippen LogP contribution in [0.1, 0.15) is 20.3 Å². The first-order chi connectivity index (χ1) is 7.78. The fourth-order valence-electron chi connectivity index (χ4n) is 1.35. The average molecular weight is 262 g/mol. The fraction of sp³-hybridized carbons (Fsp3) is 0.917. The van der Waals surface area contributed by atoms with Crippen molar-refractivity contribution >= 4 is 14.0 Å². The zero-order chi connectivity index (χ0) is 13.5. The van der Waals surface area contributed by atoms with Crippen LogP contribution in [0.5, 0.6) is 0 Å². The van der Waals surface area contributed by atoms with Gasteiger partial charge in [0.25, 0.3) is 0 Å². The normalized spacial score (nSPS) is 15.6. The van der Waals surface area contributed by atoms with Gasteiger partial charge in [0.15, 0.2) is 0 Å². The van der Waals surface area contributed by atoms with Crippen molar-refractivity contribution in [1.82, 2.24) is 0 Å². The smallest absolute Gasteiger partial charge is 0.308 e. The van der Waals surface area contributed by atoms with Gasteiger partial charge in [-0.3, -0.25) is 4.79 Å². The Hall–Kier alpha value is -0.393. The van der Waals surface area contributed by atoms with E-state index in [1.165, 1.54) is 0 Å². The van der Waals surface area contributed by atoms with Crippen LogP contribution < -0.4 is 0 Å². The molecule has 0 saturated heterocycles. The molecular weight excluding hydrogens is 236 g/mol. The van der Waals surface area contributed by atoms with Gasteiger partial charge in [-0.05, 0) is 19.4 Å². The second-order valence-electron chi connectivity index (χ2n) is 5.58. The van der Waals surface area contributed by atoms with E-state index >= 15 is 0 Å². The molecule has 17 heavy (non-hydrogen) atoms. The molecule has 5 heteroatoms. The Kier molecular flexibility index (Phi) is 7.66. The molecule has 0 aliphatic heterocycles. The molecule has 0 spiro atoms. The molecular formula is C12H26O4Si. The Morgan fingerprint density at radius 3 is 2.35 bits per heavy atom. The monoisotopic (exact) mass is 262 g/mol. The van der Waals surface area contributed by atoms with Gasteiger partial charge in [-0.2, -0.15) is 0 Å². The molecule has 0 radical (unpaired) electrons. The highest BCUT2D eigenvalue weighted by Gasteiger charge is 2.22. The third-order valence-corrected chi connectivity index (χ3v) is 4.42. The lowest BCUT2D eigenvalue weighted by Crippen LogP contribution is -2.29. The molecule has 0 aliphatic rings. The van der Waals surface area contributed by atoms with Gasteiger partial charge in [0.05, 0.1) is 12.0 Å². The van der Waals surface area contributed by atoms with Gasteiger partial charge in [-0.1, -0.05) is 26.6 Å². The van der Waals surface area contributed by atoms with Crippen LogP contribution in [0.25, 0.3) is 0 Å². The highest BCUT2D eigenvalue weighted by Crippen LogP contribution is 2.12. The van der Waals surface area contributed by atoms with Crippen molar-refractivity contribution < 1.29 is 19.4 Å². The van der Waals surface area contributed by atoms with Crippen molar-refractivity contribution in [2.45, 2.75) is 52.1 Å². The summed E-state index contributed by atoms with van der Waals surface area (Å²) in [5.74, 6) is -1.31. The number of carbonyl (C=O) groups is 1. The van der Waals surface area contributed by atoms with Crippen molar-refractivity contribution in [3.63, 3.8) is 0 Å². The van der Waals surface area contributed by atoms with Crippen LogP contribution >= 0.6 is 0 Å². The van der Waals surface area contributed by atoms with Crippen molar-refractivity contribution in [1.29, 1.82) is 0 Å². The molecule has 0 fully saturated rings. The van der Waals surface area contributed by atoms with Crippen LogP contribution in [-0.2, 0) is 14.3 Å². The largest absolute Gasteiger partial charge is 0.481 e. The number of carboxylic acids is 1. The van der Waals surface area contributed by atoms with E-state index in [-0.39, 0.29) is 12.9 Å². The summed E-state index contributed by atoms with van der Waals surface area (Å²) in [7, 11) is -1.06. The molecule has 0 aromatic rings. The quantitative estimate of drug-likeness (QED) is 0.394. The minimum atomic E-state index is -1.06. The molecule has 0 unspecified atom stereocenters. The van der Waals surface area contributed by atoms with Crippen LogP contribution in [-0.4, -0.2) is 38.7 Å². The molecule has 0 rings (SSSR count). The number of hydrogen-bond donors (Lipinski definition) is 1. The summed E-state index contributed by atoms with van der Waals surface area (Å²) in [5, 5.41) is 8.88. The van der Waals surface area contributed by atoms with E-state index in [1.807, 2.05) is 6.92 Å². The molecule has 0 amide bonds. The molecule has 1 N–H and O–H groups in total. The summed E-state index contributed by atoms with van der Waals surface area (Å²) >= 11 is 0. The number of rotatable bonds is 9. The van der Waals surface area contributed by atoms with E-state index < -0.39 is 20.0 Å². The Morgan fingerprint density at radius 2 is 1.94 bits per heavy atom. The molecule has 0 saturated carbocycles. The molecule has 0 aromatic carbocycles. The second kappa shape index (κ2) is 7.84. The van der Waals surface area contributed by atoms with Gasteiger partial charge in [0.1, 0.15) is 6.79 Å². The van der Waals surface area contributed by atoms with Crippen LogP contribution in [0.2, 0.25) is 25.7 Å². The first-order valence-corrected chi connectivity index (χ1v) is 9.90. The number of aliphatic carboxylic acids is 1. The number of hydrogen-bond acceptors (Lipinski definition) is 3. The minimum Gasteiger partial charge on any atom is -0.481 e. The average Bonchev–Trinajstić information content (AvgIpc) is 2.20. The zero-order valence-corrected chi connectivity index (χ0v) is 12.7. The van der Waals surface area contributed by atoms with Gasteiger partial charge in [0.2, 0.25) is 0 Å². The maximum absolute atomic E-state index is 10.8. The highest BCUT2D eigenvalue weighted by atomic mass is 28.3. The van der Waals surface area contributed by atoms with E-state index in [2.05, 4.69) is 19.6 Å². The molecule has 0 bridgehead atoms. The molecule has 0 aliphatic carbocycles. The topological polar surface area (TPSA) is 55.8 Å². The maximum atomic E-state index is 10.8. The summed E-state index contributed by atoms with van der Waals surface area (Å²) in [4.78, 5) is 10.8. The Balaban J connectivity index is 3.75. The first-order valence-electron chi connectivity index (χ1n) is 6.20. The molecule has 0 heterocycles. The third kappa shape index (κ3) is 8.35. The van der Waals surface area contributed by atoms with Crippen LogP contribution in [0.4, 0.5) is 0 Å². The molecule has 4 nitrogen and oxygen atoms in total. The lowest BCUT2D eigenvalue weighted by Gasteiger charge is -2.20. The summed E-state index contributed by atoms with van der Waals surface area (Å²) in [6.45, 7) is 11.4. The molecule has 2 atom stereocenters. The van der Waals surface area contributed by atoms with Gasteiger partial charge >= 0.3 is 5.97 Å². The van der Waals surface area contributed by atoms with Gasteiger partial charge < -0.3 is 14.6 Å². The van der Waals surface area contributed by atoms with E-state index in [9.17, 15) is 4.79 Å². The van der Waals surface area contributed by atoms with Gasteiger partial charge in [0, 0.05) is 14.7 Å². The van der Waals surface area contributed by atoms with Crippen molar-refractivity contribution in [3.8, 4) is 0 Å². The lowest BCUT2D eigenvalue weighted by molar-refractivity contribution is -0.153. The minimum absolute atomic E-state index is 0.195.